The molecule has 188 valence electrons. The molecule has 0 saturated carbocycles. The molecule has 0 fully saturated rings. The Labute approximate surface area is 213 Å². The number of Topliss-reactive ketones (excluding diaryl/α,β-unsaturated/α-hetero) is 1. The smallest absolute Gasteiger partial charge is 0.212 e. The first-order valence-corrected chi connectivity index (χ1v) is 15.7. The van der Waals surface area contributed by atoms with Gasteiger partial charge in [-0.3, -0.25) is 4.79 Å². The number of benzene rings is 2. The number of hydrogen-bond acceptors (Lipinski definition) is 1. The van der Waals surface area contributed by atoms with Gasteiger partial charge in [0.15, 0.2) is 10.6 Å². The zero-order valence-corrected chi connectivity index (χ0v) is 22.8. The Morgan fingerprint density at radius 3 is 1.74 bits per heavy atom. The van der Waals surface area contributed by atoms with Crippen LogP contribution in [0.5, 0.6) is 0 Å². The lowest BCUT2D eigenvalue weighted by molar-refractivity contribution is 0.102. The largest absolute Gasteiger partial charge is 0.289 e. The van der Waals surface area contributed by atoms with Gasteiger partial charge in [-0.1, -0.05) is 127 Å². The molecule has 1 nitrogen and oxygen atoms in total. The summed E-state index contributed by atoms with van der Waals surface area (Å²) in [5.41, 5.74) is 2.30. The fourth-order valence-corrected chi connectivity index (χ4v) is 6.61. The van der Waals surface area contributed by atoms with E-state index >= 15 is 0 Å². The molecule has 1 unspecified atom stereocenters. The summed E-state index contributed by atoms with van der Waals surface area (Å²) >= 11 is 0. The summed E-state index contributed by atoms with van der Waals surface area (Å²) < 4.78 is 0. The summed E-state index contributed by atoms with van der Waals surface area (Å²) in [6.45, 7) is 4.54. The van der Waals surface area contributed by atoms with Gasteiger partial charge < -0.3 is 0 Å². The van der Waals surface area contributed by atoms with Crippen molar-refractivity contribution in [3.8, 4) is 0 Å². The Kier molecular flexibility index (Phi) is 15.8. The molecule has 0 radical (unpaired) electrons. The van der Waals surface area contributed by atoms with Crippen LogP contribution in [-0.4, -0.2) is 17.3 Å². The second kappa shape index (κ2) is 18.7. The van der Waals surface area contributed by atoms with E-state index in [0.29, 0.717) is 5.75 Å². The van der Waals surface area contributed by atoms with E-state index in [2.05, 4.69) is 38.1 Å². The zero-order chi connectivity index (χ0) is 24.3. The van der Waals surface area contributed by atoms with E-state index in [1.165, 1.54) is 107 Å². The van der Waals surface area contributed by atoms with Crippen molar-refractivity contribution in [2.24, 2.45) is 0 Å². The molecule has 0 spiro atoms. The first kappa shape index (κ1) is 28.7. The Bertz CT molecular complexity index is 752. The minimum Gasteiger partial charge on any atom is -0.289 e. The maximum atomic E-state index is 12.9. The maximum Gasteiger partial charge on any atom is 0.212 e. The number of unbranched alkanes of at least 4 members (excludes halogenated alkanes) is 12. The second-order valence-electron chi connectivity index (χ2n) is 9.77. The highest BCUT2D eigenvalue weighted by molar-refractivity contribution is 7.97. The molecule has 1 atom stereocenters. The number of rotatable bonds is 20. The summed E-state index contributed by atoms with van der Waals surface area (Å²) in [4.78, 5) is 14.3. The molecule has 2 aromatic carbocycles. The van der Waals surface area contributed by atoms with Gasteiger partial charge in [0.25, 0.3) is 0 Å². The molecule has 2 rings (SSSR count). The molecular weight excluding hydrogens is 432 g/mol. The summed E-state index contributed by atoms with van der Waals surface area (Å²) in [5.74, 6) is 2.07. The number of hydrogen-bond donors (Lipinski definition) is 0. The van der Waals surface area contributed by atoms with Gasteiger partial charge in [-0.05, 0) is 43.4 Å². The van der Waals surface area contributed by atoms with Crippen molar-refractivity contribution < 1.29 is 4.79 Å². The Balaban J connectivity index is 1.77. The van der Waals surface area contributed by atoms with E-state index in [1.807, 2.05) is 30.3 Å². The highest BCUT2D eigenvalue weighted by Gasteiger charge is 2.26. The molecule has 0 bridgehead atoms. The van der Waals surface area contributed by atoms with Gasteiger partial charge in [0.2, 0.25) is 5.78 Å². The Morgan fingerprint density at radius 2 is 1.15 bits per heavy atom. The first-order chi connectivity index (χ1) is 16.7. The average Bonchev–Trinajstić information content (AvgIpc) is 2.88. The molecule has 0 aromatic heterocycles. The molecule has 0 N–H and O–H groups in total. The van der Waals surface area contributed by atoms with Gasteiger partial charge in [0.1, 0.15) is 5.75 Å². The lowest BCUT2D eigenvalue weighted by Crippen LogP contribution is -2.20. The quantitative estimate of drug-likeness (QED) is 0.104. The van der Waals surface area contributed by atoms with E-state index in [9.17, 15) is 4.79 Å². The van der Waals surface area contributed by atoms with Crippen molar-refractivity contribution in [3.63, 3.8) is 0 Å². The molecule has 0 aliphatic carbocycles. The first-order valence-electron chi connectivity index (χ1n) is 14.1. The number of aryl methyl sites for hydroxylation is 1. The highest BCUT2D eigenvalue weighted by Crippen LogP contribution is 2.20. The van der Waals surface area contributed by atoms with Crippen molar-refractivity contribution >= 4 is 16.7 Å². The second-order valence-corrected chi connectivity index (χ2v) is 11.9. The fourth-order valence-electron chi connectivity index (χ4n) is 4.51. The van der Waals surface area contributed by atoms with Crippen LogP contribution in [-0.2, 0) is 17.3 Å². The van der Waals surface area contributed by atoms with Crippen LogP contribution in [0.3, 0.4) is 0 Å². The van der Waals surface area contributed by atoms with Gasteiger partial charge in [0, 0.05) is 16.5 Å². The lowest BCUT2D eigenvalue weighted by Gasteiger charge is -2.10. The Morgan fingerprint density at radius 1 is 0.618 bits per heavy atom. The van der Waals surface area contributed by atoms with E-state index < -0.39 is 0 Å². The van der Waals surface area contributed by atoms with Gasteiger partial charge in [-0.2, -0.15) is 0 Å². The fraction of sp³-hybridized carbons (Fsp3) is 0.594. The van der Waals surface area contributed by atoms with Crippen molar-refractivity contribution in [3.05, 3.63) is 65.7 Å². The van der Waals surface area contributed by atoms with E-state index in [4.69, 9.17) is 0 Å². The molecule has 34 heavy (non-hydrogen) atoms. The number of carbonyl (C=O) groups excluding carboxylic acids is 1. The predicted octanol–water partition coefficient (Wildman–Crippen LogP) is 9.59. The highest BCUT2D eigenvalue weighted by atomic mass is 32.2. The van der Waals surface area contributed by atoms with Crippen molar-refractivity contribution in [2.75, 3.05) is 11.5 Å². The summed E-state index contributed by atoms with van der Waals surface area (Å²) in [6.07, 6.45) is 20.1. The maximum absolute atomic E-state index is 12.9. The average molecular weight is 482 g/mol. The van der Waals surface area contributed by atoms with Crippen LogP contribution < -0.4 is 0 Å². The summed E-state index contributed by atoms with van der Waals surface area (Å²) in [6, 6.07) is 19.1. The van der Waals surface area contributed by atoms with Crippen LogP contribution in [0.2, 0.25) is 0 Å². The van der Waals surface area contributed by atoms with Crippen LogP contribution in [0.4, 0.5) is 0 Å². The van der Waals surface area contributed by atoms with Gasteiger partial charge in [-0.25, -0.2) is 0 Å². The minimum atomic E-state index is 0.00565. The normalized spacial score (nSPS) is 12.1. The third-order valence-electron chi connectivity index (χ3n) is 6.72. The van der Waals surface area contributed by atoms with Crippen LogP contribution in [0.15, 0.2) is 59.5 Å². The zero-order valence-electron chi connectivity index (χ0n) is 22.0. The van der Waals surface area contributed by atoms with Gasteiger partial charge >= 0.3 is 0 Å². The van der Waals surface area contributed by atoms with E-state index in [-0.39, 0.29) is 16.7 Å². The Hall–Kier alpha value is -1.54. The van der Waals surface area contributed by atoms with Crippen LogP contribution in [0.25, 0.3) is 0 Å². The summed E-state index contributed by atoms with van der Waals surface area (Å²) in [5, 5.41) is 0. The monoisotopic (exact) mass is 481 g/mol. The standard InChI is InChI=1S/C32H49OS/c1-3-5-7-9-10-11-12-13-14-16-20-29-23-25-31(26-24-29)34(27-19-8-6-4-2)28-32(33)30-21-17-15-18-22-30/h15,17-18,21-26H,3-14,16,19-20,27-28H2,1-2H3/q+1. The number of ketones is 1. The molecular formula is C32H49OS+. The molecule has 0 saturated heterocycles. The van der Waals surface area contributed by atoms with Crippen molar-refractivity contribution in [2.45, 2.75) is 115 Å². The van der Waals surface area contributed by atoms with Crippen LogP contribution >= 0.6 is 0 Å². The van der Waals surface area contributed by atoms with Gasteiger partial charge in [-0.15, -0.1) is 0 Å². The molecule has 2 aromatic rings. The van der Waals surface area contributed by atoms with Gasteiger partial charge in [0.05, 0.1) is 0 Å². The number of carbonyl (C=O) groups is 1. The predicted molar refractivity (Wildman–Crippen MR) is 152 cm³/mol. The molecule has 2 heteroatoms. The van der Waals surface area contributed by atoms with E-state index in [1.54, 1.807) is 0 Å². The molecule has 0 amide bonds. The molecule has 0 aliphatic heterocycles. The van der Waals surface area contributed by atoms with Crippen molar-refractivity contribution in [1.82, 2.24) is 0 Å². The third kappa shape index (κ3) is 12.2. The third-order valence-corrected chi connectivity index (χ3v) is 9.05. The summed E-state index contributed by atoms with van der Waals surface area (Å²) in [7, 11) is 0.00565. The van der Waals surface area contributed by atoms with Crippen LogP contribution in [0.1, 0.15) is 120 Å². The van der Waals surface area contributed by atoms with Crippen LogP contribution in [0, 0.1) is 0 Å². The lowest BCUT2D eigenvalue weighted by atomic mass is 10.0. The van der Waals surface area contributed by atoms with Crippen molar-refractivity contribution in [1.29, 1.82) is 0 Å². The minimum absolute atomic E-state index is 0.00565. The molecule has 0 heterocycles. The molecule has 0 aliphatic rings. The van der Waals surface area contributed by atoms with E-state index in [0.717, 1.165) is 11.3 Å². The SMILES string of the molecule is CCCCCCCCCCCCc1ccc([S+](CCCCCC)CC(=O)c2ccccc2)cc1. The topological polar surface area (TPSA) is 17.1 Å².